The molecule has 0 radical (unpaired) electrons. The van der Waals surface area contributed by atoms with E-state index in [0.29, 0.717) is 0 Å². The van der Waals surface area contributed by atoms with Gasteiger partial charge in [0.05, 0.1) is 0 Å². The molecule has 3 aliphatic carbocycles. The van der Waals surface area contributed by atoms with Gasteiger partial charge in [-0.3, -0.25) is 0 Å². The lowest BCUT2D eigenvalue weighted by Gasteiger charge is -1.98. The first-order valence-electron chi connectivity index (χ1n) is 6.45. The van der Waals surface area contributed by atoms with E-state index in [2.05, 4.69) is 30.4 Å². The number of rotatable bonds is 0. The largest absolute Gasteiger partial charge is 0.0850 e. The molecule has 1 saturated carbocycles. The number of hydrogen-bond donors (Lipinski definition) is 0. The molecule has 0 amide bonds. The average Bonchev–Trinajstić information content (AvgIpc) is 2.80. The van der Waals surface area contributed by atoms with E-state index >= 15 is 0 Å². The normalized spacial score (nSPS) is 27.7. The second kappa shape index (κ2) is 5.95. The van der Waals surface area contributed by atoms with Gasteiger partial charge in [0.1, 0.15) is 0 Å². The quantitative estimate of drug-likeness (QED) is 0.495. The fourth-order valence-electron chi connectivity index (χ4n) is 2.56. The third-order valence-corrected chi connectivity index (χ3v) is 3.54. The third kappa shape index (κ3) is 3.70. The predicted molar refractivity (Wildman–Crippen MR) is 66.8 cm³/mol. The summed E-state index contributed by atoms with van der Waals surface area (Å²) >= 11 is 0. The molecule has 82 valence electrons. The fourth-order valence-corrected chi connectivity index (χ4v) is 2.56. The van der Waals surface area contributed by atoms with Gasteiger partial charge in [0.15, 0.2) is 0 Å². The minimum absolute atomic E-state index is 1.08. The standard InChI is InChI=1S/C8H12.C7H10/c1-2-4-6-8-7-5-3-1;1-2-7-4-3-6(1)5-7/h1-4H,5-8H2;1,7H,2-5H2. The van der Waals surface area contributed by atoms with Crippen LogP contribution in [0.5, 0.6) is 0 Å². The van der Waals surface area contributed by atoms with Gasteiger partial charge >= 0.3 is 0 Å². The van der Waals surface area contributed by atoms with Gasteiger partial charge in [0, 0.05) is 0 Å². The zero-order valence-corrected chi connectivity index (χ0v) is 9.62. The van der Waals surface area contributed by atoms with Gasteiger partial charge in [-0.25, -0.2) is 0 Å². The number of fused-ring (bicyclic) bond motifs is 2. The molecular formula is C15H22. The van der Waals surface area contributed by atoms with Crippen molar-refractivity contribution in [1.82, 2.24) is 0 Å². The molecule has 0 aliphatic heterocycles. The smallest absolute Gasteiger partial charge is 0.0289 e. The van der Waals surface area contributed by atoms with Gasteiger partial charge in [-0.2, -0.15) is 0 Å². The van der Waals surface area contributed by atoms with Crippen molar-refractivity contribution in [3.63, 3.8) is 0 Å². The molecule has 3 aliphatic rings. The van der Waals surface area contributed by atoms with Crippen molar-refractivity contribution in [3.05, 3.63) is 36.0 Å². The summed E-state index contributed by atoms with van der Waals surface area (Å²) in [7, 11) is 0. The molecule has 1 atom stereocenters. The molecule has 0 heteroatoms. The van der Waals surface area contributed by atoms with E-state index in [1.165, 1.54) is 51.4 Å². The van der Waals surface area contributed by atoms with Crippen molar-refractivity contribution in [1.29, 1.82) is 0 Å². The summed E-state index contributed by atoms with van der Waals surface area (Å²) < 4.78 is 0. The van der Waals surface area contributed by atoms with Crippen LogP contribution in [-0.2, 0) is 0 Å². The van der Waals surface area contributed by atoms with Crippen molar-refractivity contribution in [2.75, 3.05) is 0 Å². The Morgan fingerprint density at radius 1 is 1.00 bits per heavy atom. The Morgan fingerprint density at radius 3 is 2.07 bits per heavy atom. The highest BCUT2D eigenvalue weighted by Crippen LogP contribution is 2.38. The van der Waals surface area contributed by atoms with E-state index < -0.39 is 0 Å². The molecule has 0 aromatic heterocycles. The van der Waals surface area contributed by atoms with Crippen molar-refractivity contribution in [2.24, 2.45) is 5.92 Å². The van der Waals surface area contributed by atoms with Gasteiger partial charge in [-0.1, -0.05) is 36.0 Å². The minimum atomic E-state index is 1.08. The van der Waals surface area contributed by atoms with Gasteiger partial charge in [-0.15, -0.1) is 0 Å². The lowest BCUT2D eigenvalue weighted by molar-refractivity contribution is 0.576. The van der Waals surface area contributed by atoms with Crippen LogP contribution >= 0.6 is 0 Å². The van der Waals surface area contributed by atoms with E-state index in [9.17, 15) is 0 Å². The number of hydrogen-bond acceptors (Lipinski definition) is 0. The van der Waals surface area contributed by atoms with Crippen LogP contribution in [0.1, 0.15) is 51.4 Å². The molecule has 2 bridgehead atoms. The summed E-state index contributed by atoms with van der Waals surface area (Å²) in [6.07, 6.45) is 22.2. The SMILES string of the molecule is C1=C2CCC(C1)C2.C1=CCCCCC=C1. The predicted octanol–water partition coefficient (Wildman–Crippen LogP) is 4.79. The molecule has 1 unspecified atom stereocenters. The maximum Gasteiger partial charge on any atom is -0.0289 e. The molecule has 0 nitrogen and oxygen atoms in total. The van der Waals surface area contributed by atoms with Gasteiger partial charge in [0.2, 0.25) is 0 Å². The Kier molecular flexibility index (Phi) is 4.25. The fraction of sp³-hybridized carbons (Fsp3) is 0.600. The maximum atomic E-state index is 2.42. The van der Waals surface area contributed by atoms with Crippen LogP contribution in [0.3, 0.4) is 0 Å². The van der Waals surface area contributed by atoms with E-state index in [1.807, 2.05) is 0 Å². The molecule has 15 heavy (non-hydrogen) atoms. The zero-order valence-electron chi connectivity index (χ0n) is 9.62. The molecule has 0 aromatic rings. The van der Waals surface area contributed by atoms with Gasteiger partial charge in [0.25, 0.3) is 0 Å². The summed E-state index contributed by atoms with van der Waals surface area (Å²) in [6, 6.07) is 0. The Labute approximate surface area is 93.8 Å². The summed E-state index contributed by atoms with van der Waals surface area (Å²) in [5.41, 5.74) is 1.74. The van der Waals surface area contributed by atoms with Gasteiger partial charge in [-0.05, 0) is 57.3 Å². The Bertz CT molecular complexity index is 254. The van der Waals surface area contributed by atoms with E-state index in [1.54, 1.807) is 5.57 Å². The summed E-state index contributed by atoms with van der Waals surface area (Å²) in [5, 5.41) is 0. The van der Waals surface area contributed by atoms with Crippen LogP contribution in [0.4, 0.5) is 0 Å². The highest BCUT2D eigenvalue weighted by molar-refractivity contribution is 5.15. The summed E-state index contributed by atoms with van der Waals surface area (Å²) in [5.74, 6) is 1.08. The van der Waals surface area contributed by atoms with Crippen LogP contribution in [0.15, 0.2) is 36.0 Å². The monoisotopic (exact) mass is 202 g/mol. The summed E-state index contributed by atoms with van der Waals surface area (Å²) in [4.78, 5) is 0. The van der Waals surface area contributed by atoms with Crippen LogP contribution < -0.4 is 0 Å². The van der Waals surface area contributed by atoms with Crippen molar-refractivity contribution >= 4 is 0 Å². The molecular weight excluding hydrogens is 180 g/mol. The second-order valence-corrected chi connectivity index (χ2v) is 4.85. The van der Waals surface area contributed by atoms with Crippen LogP contribution in [0.25, 0.3) is 0 Å². The molecule has 3 rings (SSSR count). The first-order valence-corrected chi connectivity index (χ1v) is 6.45. The van der Waals surface area contributed by atoms with Crippen LogP contribution in [-0.4, -0.2) is 0 Å². The Balaban J connectivity index is 0.000000114. The molecule has 0 aromatic carbocycles. The zero-order chi connectivity index (χ0) is 10.3. The average molecular weight is 202 g/mol. The molecule has 0 saturated heterocycles. The molecule has 0 heterocycles. The van der Waals surface area contributed by atoms with Crippen molar-refractivity contribution in [3.8, 4) is 0 Å². The van der Waals surface area contributed by atoms with E-state index in [-0.39, 0.29) is 0 Å². The highest BCUT2D eigenvalue weighted by Gasteiger charge is 2.22. The molecule has 0 N–H and O–H groups in total. The van der Waals surface area contributed by atoms with E-state index in [4.69, 9.17) is 0 Å². The molecule has 0 spiro atoms. The third-order valence-electron chi connectivity index (χ3n) is 3.54. The lowest BCUT2D eigenvalue weighted by atomic mass is 10.1. The van der Waals surface area contributed by atoms with Gasteiger partial charge < -0.3 is 0 Å². The Morgan fingerprint density at radius 2 is 1.73 bits per heavy atom. The van der Waals surface area contributed by atoms with Crippen molar-refractivity contribution < 1.29 is 0 Å². The summed E-state index contributed by atoms with van der Waals surface area (Å²) in [6.45, 7) is 0. The van der Waals surface area contributed by atoms with Crippen LogP contribution in [0, 0.1) is 5.92 Å². The lowest BCUT2D eigenvalue weighted by Crippen LogP contribution is -1.85. The topological polar surface area (TPSA) is 0 Å². The van der Waals surface area contributed by atoms with Crippen molar-refractivity contribution in [2.45, 2.75) is 51.4 Å². The Hall–Kier alpha value is -0.780. The first kappa shape index (κ1) is 10.7. The first-order chi connectivity index (χ1) is 7.45. The molecule has 1 fully saturated rings. The highest BCUT2D eigenvalue weighted by atomic mass is 14.3. The minimum Gasteiger partial charge on any atom is -0.0850 e. The van der Waals surface area contributed by atoms with Crippen LogP contribution in [0.2, 0.25) is 0 Å². The van der Waals surface area contributed by atoms with E-state index in [0.717, 1.165) is 5.92 Å². The number of allylic oxidation sites excluding steroid dienone is 6. The maximum absolute atomic E-state index is 2.42. The second-order valence-electron chi connectivity index (χ2n) is 4.85.